The Balaban J connectivity index is 2.83. The normalized spacial score (nSPS) is 12.8. The molecule has 0 aliphatic rings. The van der Waals surface area contributed by atoms with Crippen LogP contribution in [0.25, 0.3) is 0 Å². The van der Waals surface area contributed by atoms with Gasteiger partial charge in [0.1, 0.15) is 0 Å². The van der Waals surface area contributed by atoms with Crippen molar-refractivity contribution in [3.8, 4) is 0 Å². The lowest BCUT2D eigenvalue weighted by atomic mass is 10.0. The summed E-state index contributed by atoms with van der Waals surface area (Å²) in [7, 11) is 2.18. The second-order valence-corrected chi connectivity index (χ2v) is 5.49. The summed E-state index contributed by atoms with van der Waals surface area (Å²) in [6.45, 7) is 13.1. The van der Waals surface area contributed by atoms with Crippen molar-refractivity contribution in [3.63, 3.8) is 0 Å². The molecule has 1 rings (SSSR count). The third-order valence-corrected chi connectivity index (χ3v) is 3.87. The molecular formula is C16H28N2. The Kier molecular flexibility index (Phi) is 5.67. The molecule has 0 fully saturated rings. The highest BCUT2D eigenvalue weighted by atomic mass is 15.1. The molecule has 102 valence electrons. The minimum Gasteiger partial charge on any atom is -0.372 e. The predicted molar refractivity (Wildman–Crippen MR) is 81.3 cm³/mol. The van der Waals surface area contributed by atoms with Crippen molar-refractivity contribution < 1.29 is 0 Å². The lowest BCUT2D eigenvalue weighted by molar-refractivity contribution is 0.505. The number of benzene rings is 1. The van der Waals surface area contributed by atoms with Gasteiger partial charge in [-0.25, -0.2) is 0 Å². The summed E-state index contributed by atoms with van der Waals surface area (Å²) >= 11 is 0. The van der Waals surface area contributed by atoms with Crippen LogP contribution in [-0.4, -0.2) is 19.6 Å². The Hall–Kier alpha value is -1.02. The van der Waals surface area contributed by atoms with Gasteiger partial charge in [0.15, 0.2) is 0 Å². The van der Waals surface area contributed by atoms with E-state index in [-0.39, 0.29) is 0 Å². The molecule has 1 atom stereocenters. The molecular weight excluding hydrogens is 220 g/mol. The molecule has 0 aliphatic heterocycles. The number of hydrogen-bond acceptors (Lipinski definition) is 2. The van der Waals surface area contributed by atoms with E-state index in [4.69, 9.17) is 0 Å². The zero-order valence-electron chi connectivity index (χ0n) is 12.7. The van der Waals surface area contributed by atoms with Gasteiger partial charge in [0.2, 0.25) is 0 Å². The first-order valence-electron chi connectivity index (χ1n) is 7.00. The quantitative estimate of drug-likeness (QED) is 0.827. The van der Waals surface area contributed by atoms with E-state index < -0.39 is 0 Å². The number of aryl methyl sites for hydroxylation is 1. The number of nitrogens with one attached hydrogen (secondary N) is 1. The van der Waals surface area contributed by atoms with Crippen molar-refractivity contribution in [1.29, 1.82) is 0 Å². The summed E-state index contributed by atoms with van der Waals surface area (Å²) in [5.74, 6) is 0.664. The molecule has 0 saturated heterocycles. The molecule has 18 heavy (non-hydrogen) atoms. The standard InChI is InChI=1S/C16H28N2/c1-7-17-11-15-8-9-16(10-13(15)4)18(6)14(5)12(2)3/h8-10,12,14,17H,7,11H2,1-6H3. The predicted octanol–water partition coefficient (Wildman–Crippen LogP) is 3.59. The average Bonchev–Trinajstić information content (AvgIpc) is 2.35. The second-order valence-electron chi connectivity index (χ2n) is 5.49. The van der Waals surface area contributed by atoms with E-state index in [1.165, 1.54) is 16.8 Å². The maximum absolute atomic E-state index is 3.38. The molecule has 0 aromatic heterocycles. The molecule has 1 unspecified atom stereocenters. The maximum atomic E-state index is 3.38. The molecule has 1 aromatic rings. The van der Waals surface area contributed by atoms with Crippen molar-refractivity contribution in [2.45, 2.75) is 47.2 Å². The van der Waals surface area contributed by atoms with E-state index >= 15 is 0 Å². The minimum atomic E-state index is 0.559. The van der Waals surface area contributed by atoms with Crippen LogP contribution in [0.5, 0.6) is 0 Å². The number of hydrogen-bond donors (Lipinski definition) is 1. The van der Waals surface area contributed by atoms with Gasteiger partial charge < -0.3 is 10.2 Å². The Morgan fingerprint density at radius 2 is 1.89 bits per heavy atom. The second kappa shape index (κ2) is 6.79. The van der Waals surface area contributed by atoms with Gasteiger partial charge in [-0.1, -0.05) is 26.8 Å². The zero-order chi connectivity index (χ0) is 13.7. The highest BCUT2D eigenvalue weighted by Gasteiger charge is 2.14. The Morgan fingerprint density at radius 1 is 1.22 bits per heavy atom. The summed E-state index contributed by atoms with van der Waals surface area (Å²) in [6, 6.07) is 7.34. The zero-order valence-corrected chi connectivity index (χ0v) is 12.7. The van der Waals surface area contributed by atoms with Crippen LogP contribution >= 0.6 is 0 Å². The van der Waals surface area contributed by atoms with E-state index in [0.29, 0.717) is 12.0 Å². The molecule has 0 aliphatic carbocycles. The summed E-state index contributed by atoms with van der Waals surface area (Å²) in [5.41, 5.74) is 4.08. The highest BCUT2D eigenvalue weighted by Crippen LogP contribution is 2.22. The van der Waals surface area contributed by atoms with E-state index in [1.807, 2.05) is 0 Å². The van der Waals surface area contributed by atoms with Crippen LogP contribution in [0.1, 0.15) is 38.8 Å². The fourth-order valence-corrected chi connectivity index (χ4v) is 2.04. The van der Waals surface area contributed by atoms with Crippen molar-refractivity contribution in [2.75, 3.05) is 18.5 Å². The van der Waals surface area contributed by atoms with Crippen molar-refractivity contribution in [1.82, 2.24) is 5.32 Å². The molecule has 0 saturated carbocycles. The Labute approximate surface area is 112 Å². The number of nitrogens with zero attached hydrogens (tertiary/aromatic N) is 1. The minimum absolute atomic E-state index is 0.559. The van der Waals surface area contributed by atoms with Crippen molar-refractivity contribution >= 4 is 5.69 Å². The van der Waals surface area contributed by atoms with E-state index in [0.717, 1.165) is 13.1 Å². The molecule has 0 amide bonds. The molecule has 0 heterocycles. The van der Waals surface area contributed by atoms with Crippen LogP contribution in [-0.2, 0) is 6.54 Å². The van der Waals surface area contributed by atoms with Gasteiger partial charge in [-0.15, -0.1) is 0 Å². The molecule has 1 aromatic carbocycles. The largest absolute Gasteiger partial charge is 0.372 e. The Bertz CT molecular complexity index is 371. The van der Waals surface area contributed by atoms with Crippen LogP contribution in [0.15, 0.2) is 18.2 Å². The Morgan fingerprint density at radius 3 is 2.39 bits per heavy atom. The van der Waals surface area contributed by atoms with Gasteiger partial charge in [0.05, 0.1) is 0 Å². The fourth-order valence-electron chi connectivity index (χ4n) is 2.04. The van der Waals surface area contributed by atoms with Crippen LogP contribution in [0, 0.1) is 12.8 Å². The van der Waals surface area contributed by atoms with Crippen LogP contribution in [0.2, 0.25) is 0 Å². The van der Waals surface area contributed by atoms with Gasteiger partial charge in [-0.3, -0.25) is 0 Å². The molecule has 0 spiro atoms. The smallest absolute Gasteiger partial charge is 0.0368 e. The number of rotatable bonds is 6. The van der Waals surface area contributed by atoms with E-state index in [2.05, 4.69) is 70.1 Å². The van der Waals surface area contributed by atoms with E-state index in [9.17, 15) is 0 Å². The topological polar surface area (TPSA) is 15.3 Å². The van der Waals surface area contributed by atoms with Gasteiger partial charge >= 0.3 is 0 Å². The van der Waals surface area contributed by atoms with Gasteiger partial charge in [-0.2, -0.15) is 0 Å². The first-order chi connectivity index (χ1) is 8.47. The average molecular weight is 248 g/mol. The van der Waals surface area contributed by atoms with Gasteiger partial charge in [0, 0.05) is 25.3 Å². The van der Waals surface area contributed by atoms with Crippen LogP contribution in [0.3, 0.4) is 0 Å². The monoisotopic (exact) mass is 248 g/mol. The van der Waals surface area contributed by atoms with Crippen LogP contribution < -0.4 is 10.2 Å². The molecule has 1 N–H and O–H groups in total. The summed E-state index contributed by atoms with van der Waals surface area (Å²) < 4.78 is 0. The number of anilines is 1. The summed E-state index contributed by atoms with van der Waals surface area (Å²) in [5, 5.41) is 3.38. The first kappa shape index (κ1) is 15.0. The molecule has 0 bridgehead atoms. The summed E-state index contributed by atoms with van der Waals surface area (Å²) in [4.78, 5) is 2.37. The van der Waals surface area contributed by atoms with Crippen LogP contribution in [0.4, 0.5) is 5.69 Å². The molecule has 2 nitrogen and oxygen atoms in total. The van der Waals surface area contributed by atoms with Gasteiger partial charge in [-0.05, 0) is 49.6 Å². The summed E-state index contributed by atoms with van der Waals surface area (Å²) in [6.07, 6.45) is 0. The molecule has 0 radical (unpaired) electrons. The van der Waals surface area contributed by atoms with Gasteiger partial charge in [0.25, 0.3) is 0 Å². The van der Waals surface area contributed by atoms with Crippen molar-refractivity contribution in [2.24, 2.45) is 5.92 Å². The lowest BCUT2D eigenvalue weighted by Crippen LogP contribution is -2.33. The third kappa shape index (κ3) is 3.74. The lowest BCUT2D eigenvalue weighted by Gasteiger charge is -2.30. The van der Waals surface area contributed by atoms with E-state index in [1.54, 1.807) is 0 Å². The third-order valence-electron chi connectivity index (χ3n) is 3.87. The molecule has 2 heteroatoms. The maximum Gasteiger partial charge on any atom is 0.0368 e. The highest BCUT2D eigenvalue weighted by molar-refractivity contribution is 5.51. The first-order valence-corrected chi connectivity index (χ1v) is 7.00. The van der Waals surface area contributed by atoms with Crippen molar-refractivity contribution in [3.05, 3.63) is 29.3 Å². The fraction of sp³-hybridized carbons (Fsp3) is 0.625. The SMILES string of the molecule is CCNCc1ccc(N(C)C(C)C(C)C)cc1C.